The Morgan fingerprint density at radius 1 is 0.727 bits per heavy atom. The van der Waals surface area contributed by atoms with Crippen LogP contribution in [0.1, 0.15) is 12.8 Å². The van der Waals surface area contributed by atoms with Crippen LogP contribution in [-0.4, -0.2) is 49.0 Å². The molecule has 0 saturated heterocycles. The number of rotatable bonds is 9. The minimum Gasteiger partial charge on any atom is -0.456 e. The number of esters is 2. The third kappa shape index (κ3) is 15.6. The van der Waals surface area contributed by atoms with E-state index in [-0.39, 0.29) is 24.3 Å². The van der Waals surface area contributed by atoms with Crippen LogP contribution in [-0.2, 0) is 19.1 Å². The van der Waals surface area contributed by atoms with Gasteiger partial charge in [-0.25, -0.2) is 0 Å². The summed E-state index contributed by atoms with van der Waals surface area (Å²) in [5.41, 5.74) is 0. The number of alkyl halides is 6. The summed E-state index contributed by atoms with van der Waals surface area (Å²) >= 11 is 0. The zero-order valence-electron chi connectivity index (χ0n) is 11.0. The van der Waals surface area contributed by atoms with Crippen LogP contribution < -0.4 is 0 Å². The Bertz CT molecular complexity index is 324. The summed E-state index contributed by atoms with van der Waals surface area (Å²) in [7, 11) is 2.17. The molecule has 0 aromatic carbocycles. The SMILES string of the molecule is O=C(CCSSCCC(=O)OCC(F)(F)F)OCC(F)(F)F. The van der Waals surface area contributed by atoms with E-state index in [0.717, 1.165) is 21.6 Å². The molecule has 0 aliphatic rings. The van der Waals surface area contributed by atoms with E-state index in [1.54, 1.807) is 0 Å². The van der Waals surface area contributed by atoms with Crippen molar-refractivity contribution in [2.45, 2.75) is 25.2 Å². The minimum atomic E-state index is -4.58. The molecule has 0 atom stereocenters. The Kier molecular flexibility index (Phi) is 9.72. The first-order valence-corrected chi connectivity index (χ1v) is 8.17. The first-order chi connectivity index (χ1) is 9.99. The van der Waals surface area contributed by atoms with Crippen molar-refractivity contribution in [2.75, 3.05) is 24.7 Å². The molecule has 0 spiro atoms. The lowest BCUT2D eigenvalue weighted by atomic mass is 10.5. The highest BCUT2D eigenvalue weighted by molar-refractivity contribution is 8.76. The van der Waals surface area contributed by atoms with Gasteiger partial charge in [-0.2, -0.15) is 26.3 Å². The van der Waals surface area contributed by atoms with E-state index in [1.165, 1.54) is 0 Å². The second-order valence-electron chi connectivity index (χ2n) is 3.70. The van der Waals surface area contributed by atoms with E-state index in [9.17, 15) is 35.9 Å². The predicted molar refractivity (Wildman–Crippen MR) is 68.2 cm³/mol. The fraction of sp³-hybridized carbons (Fsp3) is 0.800. The topological polar surface area (TPSA) is 52.6 Å². The van der Waals surface area contributed by atoms with Crippen molar-refractivity contribution in [1.82, 2.24) is 0 Å². The van der Waals surface area contributed by atoms with Crippen LogP contribution in [0.2, 0.25) is 0 Å². The predicted octanol–water partition coefficient (Wildman–Crippen LogP) is 3.36. The lowest BCUT2D eigenvalue weighted by Crippen LogP contribution is -2.20. The van der Waals surface area contributed by atoms with Gasteiger partial charge in [0, 0.05) is 11.5 Å². The molecule has 22 heavy (non-hydrogen) atoms. The Morgan fingerprint density at radius 3 is 1.32 bits per heavy atom. The molecule has 0 rings (SSSR count). The van der Waals surface area contributed by atoms with Crippen LogP contribution in [0.25, 0.3) is 0 Å². The van der Waals surface area contributed by atoms with Gasteiger partial charge < -0.3 is 9.47 Å². The molecular weight excluding hydrogens is 362 g/mol. The summed E-state index contributed by atoms with van der Waals surface area (Å²) in [6, 6.07) is 0. The molecule has 0 aliphatic carbocycles. The summed E-state index contributed by atoms with van der Waals surface area (Å²) < 4.78 is 78.2. The van der Waals surface area contributed by atoms with Crippen molar-refractivity contribution in [3.05, 3.63) is 0 Å². The van der Waals surface area contributed by atoms with Gasteiger partial charge in [0.1, 0.15) is 0 Å². The number of halogens is 6. The highest BCUT2D eigenvalue weighted by Crippen LogP contribution is 2.23. The number of carbonyl (C=O) groups is 2. The molecule has 0 unspecified atom stereocenters. The summed E-state index contributed by atoms with van der Waals surface area (Å²) in [6.07, 6.45) is -9.64. The van der Waals surface area contributed by atoms with Crippen molar-refractivity contribution in [1.29, 1.82) is 0 Å². The Hall–Kier alpha value is -0.780. The molecule has 0 saturated carbocycles. The van der Waals surface area contributed by atoms with Crippen molar-refractivity contribution < 1.29 is 45.4 Å². The molecule has 0 fully saturated rings. The van der Waals surface area contributed by atoms with Crippen LogP contribution in [0, 0.1) is 0 Å². The molecule has 0 N–H and O–H groups in total. The first kappa shape index (κ1) is 21.2. The molecule has 0 radical (unpaired) electrons. The van der Waals surface area contributed by atoms with Gasteiger partial charge in [-0.05, 0) is 0 Å². The molecule has 12 heteroatoms. The van der Waals surface area contributed by atoms with E-state index in [1.807, 2.05) is 0 Å². The fourth-order valence-electron chi connectivity index (χ4n) is 0.837. The second kappa shape index (κ2) is 10.1. The normalized spacial score (nSPS) is 12.1. The van der Waals surface area contributed by atoms with E-state index in [4.69, 9.17) is 0 Å². The summed E-state index contributed by atoms with van der Waals surface area (Å²) in [5, 5.41) is 0. The molecular formula is C10H12F6O4S2. The Balaban J connectivity index is 3.50. The maximum Gasteiger partial charge on any atom is 0.422 e. The van der Waals surface area contributed by atoms with Crippen molar-refractivity contribution in [3.63, 3.8) is 0 Å². The van der Waals surface area contributed by atoms with Crippen molar-refractivity contribution >= 4 is 33.5 Å². The van der Waals surface area contributed by atoms with Gasteiger partial charge in [-0.3, -0.25) is 9.59 Å². The third-order valence-corrected chi connectivity index (χ3v) is 4.06. The summed E-state index contributed by atoms with van der Waals surface area (Å²) in [5.74, 6) is -1.71. The molecule has 0 heterocycles. The largest absolute Gasteiger partial charge is 0.456 e. The average Bonchev–Trinajstić information content (AvgIpc) is 2.36. The monoisotopic (exact) mass is 374 g/mol. The zero-order valence-corrected chi connectivity index (χ0v) is 12.6. The highest BCUT2D eigenvalue weighted by atomic mass is 33.1. The minimum absolute atomic E-state index is 0.152. The van der Waals surface area contributed by atoms with E-state index < -0.39 is 37.5 Å². The maximum atomic E-state index is 11.7. The molecule has 0 amide bonds. The van der Waals surface area contributed by atoms with Crippen LogP contribution >= 0.6 is 21.6 Å². The summed E-state index contributed by atoms with van der Waals surface area (Å²) in [6.45, 7) is -3.29. The molecule has 0 bridgehead atoms. The highest BCUT2D eigenvalue weighted by Gasteiger charge is 2.30. The van der Waals surface area contributed by atoms with Gasteiger partial charge in [-0.15, -0.1) is 0 Å². The lowest BCUT2D eigenvalue weighted by molar-refractivity contribution is -0.185. The Labute approximate surface area is 129 Å². The first-order valence-electron chi connectivity index (χ1n) is 5.69. The van der Waals surface area contributed by atoms with Gasteiger partial charge in [0.05, 0.1) is 12.8 Å². The zero-order chi connectivity index (χ0) is 17.2. The quantitative estimate of drug-likeness (QED) is 0.267. The molecule has 0 aliphatic heterocycles. The van der Waals surface area contributed by atoms with Gasteiger partial charge in [0.25, 0.3) is 0 Å². The number of carbonyl (C=O) groups excluding carboxylic acids is 2. The van der Waals surface area contributed by atoms with Crippen LogP contribution in [0.3, 0.4) is 0 Å². The van der Waals surface area contributed by atoms with Gasteiger partial charge >= 0.3 is 24.3 Å². The molecule has 4 nitrogen and oxygen atoms in total. The van der Waals surface area contributed by atoms with Crippen LogP contribution in [0.15, 0.2) is 0 Å². The Morgan fingerprint density at radius 2 is 1.05 bits per heavy atom. The lowest BCUT2D eigenvalue weighted by Gasteiger charge is -2.08. The standard InChI is InChI=1S/C10H12F6O4S2/c11-9(12,13)5-19-7(17)1-3-21-22-4-2-8(18)20-6-10(14,15)16/h1-6H2. The van der Waals surface area contributed by atoms with Gasteiger partial charge in [-0.1, -0.05) is 21.6 Å². The van der Waals surface area contributed by atoms with Gasteiger partial charge in [0.2, 0.25) is 0 Å². The van der Waals surface area contributed by atoms with Crippen molar-refractivity contribution in [2.24, 2.45) is 0 Å². The third-order valence-electron chi connectivity index (χ3n) is 1.66. The van der Waals surface area contributed by atoms with E-state index in [2.05, 4.69) is 9.47 Å². The van der Waals surface area contributed by atoms with E-state index >= 15 is 0 Å². The number of ether oxygens (including phenoxy) is 2. The molecule has 0 aromatic heterocycles. The fourth-order valence-corrected chi connectivity index (χ4v) is 2.78. The average molecular weight is 374 g/mol. The van der Waals surface area contributed by atoms with Crippen LogP contribution in [0.5, 0.6) is 0 Å². The molecule has 0 aromatic rings. The van der Waals surface area contributed by atoms with Crippen LogP contribution in [0.4, 0.5) is 26.3 Å². The molecule has 130 valence electrons. The smallest absolute Gasteiger partial charge is 0.422 e. The summed E-state index contributed by atoms with van der Waals surface area (Å²) in [4.78, 5) is 21.8. The number of hydrogen-bond donors (Lipinski definition) is 0. The van der Waals surface area contributed by atoms with E-state index in [0.29, 0.717) is 0 Å². The maximum absolute atomic E-state index is 11.7. The number of hydrogen-bond acceptors (Lipinski definition) is 6. The second-order valence-corrected chi connectivity index (χ2v) is 6.40. The van der Waals surface area contributed by atoms with Crippen molar-refractivity contribution in [3.8, 4) is 0 Å². The van der Waals surface area contributed by atoms with Gasteiger partial charge in [0.15, 0.2) is 13.2 Å².